The minimum absolute atomic E-state index is 0.0250. The fraction of sp³-hybridized carbons (Fsp3) is 0.292. The first-order valence-corrected chi connectivity index (χ1v) is 10.0. The van der Waals surface area contributed by atoms with Crippen molar-refractivity contribution in [2.24, 2.45) is 5.41 Å². The summed E-state index contributed by atoms with van der Waals surface area (Å²) in [6, 6.07) is 18.8. The summed E-state index contributed by atoms with van der Waals surface area (Å²) in [5.74, 6) is 0.248. The molecule has 4 heteroatoms. The van der Waals surface area contributed by atoms with E-state index in [2.05, 4.69) is 61.5 Å². The summed E-state index contributed by atoms with van der Waals surface area (Å²) >= 11 is 0. The van der Waals surface area contributed by atoms with Crippen LogP contribution in [0.4, 0.5) is 5.69 Å². The van der Waals surface area contributed by atoms with Gasteiger partial charge in [0.25, 0.3) is 0 Å². The average molecular weight is 372 g/mol. The van der Waals surface area contributed by atoms with E-state index in [0.717, 1.165) is 28.9 Å². The van der Waals surface area contributed by atoms with Gasteiger partial charge in [-0.05, 0) is 30.5 Å². The van der Waals surface area contributed by atoms with Crippen molar-refractivity contribution in [2.75, 3.05) is 5.43 Å². The Balaban J connectivity index is 1.73. The number of carbonyl (C=O) groups excluding carboxylic acids is 1. The molecule has 28 heavy (non-hydrogen) atoms. The molecule has 1 aliphatic heterocycles. The van der Waals surface area contributed by atoms with Crippen LogP contribution in [0, 0.1) is 5.41 Å². The van der Waals surface area contributed by atoms with Crippen LogP contribution in [0.2, 0.25) is 0 Å². The molecular formula is C24H26N3O+. The quantitative estimate of drug-likeness (QED) is 0.630. The number of aromatic nitrogens is 1. The second-order valence-electron chi connectivity index (χ2n) is 8.88. The number of ketones is 1. The highest BCUT2D eigenvalue weighted by atomic mass is 16.1. The smallest absolute Gasteiger partial charge is 0.171 e. The van der Waals surface area contributed by atoms with Crippen molar-refractivity contribution < 1.29 is 9.80 Å². The zero-order valence-corrected chi connectivity index (χ0v) is 16.6. The van der Waals surface area contributed by atoms with Gasteiger partial charge in [-0.1, -0.05) is 50.2 Å². The third-order valence-corrected chi connectivity index (χ3v) is 6.12. The molecule has 2 aromatic carbocycles. The lowest BCUT2D eigenvalue weighted by Crippen LogP contribution is -3.14. The number of benzene rings is 2. The number of fused-ring (bicyclic) bond motifs is 4. The van der Waals surface area contributed by atoms with Crippen LogP contribution in [0.3, 0.4) is 0 Å². The summed E-state index contributed by atoms with van der Waals surface area (Å²) in [7, 11) is 0. The number of rotatable bonds is 2. The molecule has 0 radical (unpaired) electrons. The van der Waals surface area contributed by atoms with E-state index in [0.29, 0.717) is 6.42 Å². The van der Waals surface area contributed by atoms with Crippen LogP contribution in [-0.2, 0) is 4.79 Å². The maximum atomic E-state index is 13.3. The lowest BCUT2D eigenvalue weighted by atomic mass is 9.73. The molecular weight excluding hydrogens is 346 g/mol. The van der Waals surface area contributed by atoms with Crippen molar-refractivity contribution in [3.05, 3.63) is 71.6 Å². The zero-order chi connectivity index (χ0) is 19.5. The number of nitrogens with one attached hydrogen (secondary N) is 3. The third kappa shape index (κ3) is 2.60. The standard InChI is InChI=1S/C24H25N3O/c1-15-21-17-11-7-8-12-18(17)25-23(21)22-19(13-24(2,3)14-20(22)28)27(15)26-16-9-5-4-6-10-16/h4-12,15,25-26H,13-14H2,1-3H3/p+1. The van der Waals surface area contributed by atoms with Crippen molar-refractivity contribution in [3.63, 3.8) is 0 Å². The topological polar surface area (TPSA) is 49.3 Å². The molecule has 4 nitrogen and oxygen atoms in total. The van der Waals surface area contributed by atoms with Crippen LogP contribution < -0.4 is 10.4 Å². The van der Waals surface area contributed by atoms with E-state index in [9.17, 15) is 4.79 Å². The Bertz CT molecular complexity index is 1110. The molecule has 0 saturated heterocycles. The van der Waals surface area contributed by atoms with Gasteiger partial charge in [-0.2, -0.15) is 5.01 Å². The minimum atomic E-state index is -0.0250. The molecule has 2 atom stereocenters. The van der Waals surface area contributed by atoms with Crippen LogP contribution in [0.5, 0.6) is 0 Å². The van der Waals surface area contributed by atoms with Crippen LogP contribution in [-0.4, -0.2) is 10.8 Å². The Morgan fingerprint density at radius 3 is 2.54 bits per heavy atom. The predicted molar refractivity (Wildman–Crippen MR) is 113 cm³/mol. The molecule has 1 aromatic heterocycles. The average Bonchev–Trinajstić information content (AvgIpc) is 3.04. The summed E-state index contributed by atoms with van der Waals surface area (Å²) in [4.78, 5) is 16.8. The van der Waals surface area contributed by atoms with E-state index >= 15 is 0 Å². The molecule has 5 rings (SSSR count). The van der Waals surface area contributed by atoms with Gasteiger partial charge in [0, 0.05) is 29.3 Å². The first-order valence-electron chi connectivity index (χ1n) is 10.0. The molecule has 142 valence electrons. The maximum Gasteiger partial charge on any atom is 0.171 e. The van der Waals surface area contributed by atoms with Crippen molar-refractivity contribution in [1.82, 2.24) is 4.98 Å². The summed E-state index contributed by atoms with van der Waals surface area (Å²) < 4.78 is 0. The number of hydrogen-bond acceptors (Lipinski definition) is 2. The number of Topliss-reactive ketones (excluding diaryl/α,β-unsaturated/α-hetero) is 1. The van der Waals surface area contributed by atoms with E-state index in [1.807, 2.05) is 24.3 Å². The highest BCUT2D eigenvalue weighted by Gasteiger charge is 2.46. The summed E-state index contributed by atoms with van der Waals surface area (Å²) in [6.45, 7) is 6.64. The van der Waals surface area contributed by atoms with Gasteiger partial charge in [0.2, 0.25) is 0 Å². The van der Waals surface area contributed by atoms with Gasteiger partial charge in [-0.25, -0.2) is 5.43 Å². The number of quaternary nitrogens is 1. The highest BCUT2D eigenvalue weighted by molar-refractivity contribution is 6.23. The Morgan fingerprint density at radius 2 is 1.75 bits per heavy atom. The fourth-order valence-corrected chi connectivity index (χ4v) is 4.92. The van der Waals surface area contributed by atoms with E-state index in [-0.39, 0.29) is 17.2 Å². The molecule has 1 aliphatic carbocycles. The number of aromatic amines is 1. The molecule has 2 aliphatic rings. The SMILES string of the molecule is CC1c2c([nH]c3ccccc23)C2=C(CC(C)(C)CC2=O)[NH+]1Nc1ccccc1. The highest BCUT2D eigenvalue weighted by Crippen LogP contribution is 2.43. The second-order valence-corrected chi connectivity index (χ2v) is 8.88. The number of H-pyrrole nitrogens is 1. The van der Waals surface area contributed by atoms with E-state index in [4.69, 9.17) is 0 Å². The summed E-state index contributed by atoms with van der Waals surface area (Å²) in [5, 5.41) is 2.38. The van der Waals surface area contributed by atoms with Gasteiger partial charge in [0.05, 0.1) is 11.4 Å². The number of hydrogen-bond donors (Lipinski definition) is 3. The van der Waals surface area contributed by atoms with Gasteiger partial charge < -0.3 is 4.98 Å². The van der Waals surface area contributed by atoms with E-state index < -0.39 is 0 Å². The molecule has 2 unspecified atom stereocenters. The van der Waals surface area contributed by atoms with Crippen molar-refractivity contribution >= 4 is 27.9 Å². The van der Waals surface area contributed by atoms with Crippen LogP contribution in [0.25, 0.3) is 16.5 Å². The molecule has 2 heterocycles. The third-order valence-electron chi connectivity index (χ3n) is 6.12. The lowest BCUT2D eigenvalue weighted by Gasteiger charge is -2.39. The first kappa shape index (κ1) is 17.3. The Morgan fingerprint density at radius 1 is 1.04 bits per heavy atom. The van der Waals surface area contributed by atoms with Gasteiger partial charge in [-0.3, -0.25) is 4.79 Å². The molecule has 3 N–H and O–H groups in total. The Kier molecular flexibility index (Phi) is 3.75. The van der Waals surface area contributed by atoms with E-state index in [1.54, 1.807) is 0 Å². The maximum absolute atomic E-state index is 13.3. The van der Waals surface area contributed by atoms with Gasteiger partial charge in [0.1, 0.15) is 17.3 Å². The number of para-hydroxylation sites is 2. The summed E-state index contributed by atoms with van der Waals surface area (Å²) in [5.41, 5.74) is 10.2. The Labute approximate surface area is 165 Å². The second kappa shape index (κ2) is 6.08. The van der Waals surface area contributed by atoms with Crippen LogP contribution in [0.15, 0.2) is 60.3 Å². The molecule has 0 fully saturated rings. The number of carbonyl (C=O) groups is 1. The molecule has 0 spiro atoms. The number of anilines is 1. The molecule has 0 bridgehead atoms. The van der Waals surface area contributed by atoms with E-state index in [1.165, 1.54) is 21.7 Å². The summed E-state index contributed by atoms with van der Waals surface area (Å²) in [6.07, 6.45) is 1.50. The van der Waals surface area contributed by atoms with Gasteiger partial charge in [-0.15, -0.1) is 0 Å². The Hall–Kier alpha value is -2.85. The van der Waals surface area contributed by atoms with Crippen molar-refractivity contribution in [1.29, 1.82) is 0 Å². The van der Waals surface area contributed by atoms with Crippen LogP contribution in [0.1, 0.15) is 50.9 Å². The first-order chi connectivity index (χ1) is 13.4. The normalized spacial score (nSPS) is 23.5. The minimum Gasteiger partial charge on any atom is -0.354 e. The number of allylic oxidation sites excluding steroid dienone is 2. The fourth-order valence-electron chi connectivity index (χ4n) is 4.92. The lowest BCUT2D eigenvalue weighted by molar-refractivity contribution is -0.871. The monoisotopic (exact) mass is 372 g/mol. The molecule has 3 aromatic rings. The van der Waals surface area contributed by atoms with Crippen molar-refractivity contribution in [2.45, 2.75) is 39.7 Å². The van der Waals surface area contributed by atoms with Crippen LogP contribution >= 0.6 is 0 Å². The van der Waals surface area contributed by atoms with Gasteiger partial charge in [0.15, 0.2) is 5.78 Å². The zero-order valence-electron chi connectivity index (χ0n) is 16.6. The van der Waals surface area contributed by atoms with Gasteiger partial charge >= 0.3 is 0 Å². The molecule has 0 amide bonds. The largest absolute Gasteiger partial charge is 0.354 e. The van der Waals surface area contributed by atoms with Crippen molar-refractivity contribution in [3.8, 4) is 0 Å². The predicted octanol–water partition coefficient (Wildman–Crippen LogP) is 4.25. The molecule has 0 saturated carbocycles.